The first kappa shape index (κ1) is 19.2. The van der Waals surface area contributed by atoms with E-state index in [1.807, 2.05) is 64.1 Å². The monoisotopic (exact) mass is 383 g/mol. The van der Waals surface area contributed by atoms with Crippen molar-refractivity contribution in [3.8, 4) is 11.5 Å². The summed E-state index contributed by atoms with van der Waals surface area (Å²) < 4.78 is 11.4. The van der Waals surface area contributed by atoms with Crippen molar-refractivity contribution in [2.75, 3.05) is 12.4 Å². The molecule has 0 spiro atoms. The zero-order chi connectivity index (χ0) is 19.6. The predicted octanol–water partition coefficient (Wildman–Crippen LogP) is 4.56. The van der Waals surface area contributed by atoms with Crippen LogP contribution in [-0.4, -0.2) is 23.5 Å². The van der Waals surface area contributed by atoms with Crippen molar-refractivity contribution in [3.05, 3.63) is 53.1 Å². The molecular formula is C21H25N3O2S. The molecule has 142 valence electrons. The fourth-order valence-corrected chi connectivity index (χ4v) is 3.30. The Balaban J connectivity index is 1.83. The van der Waals surface area contributed by atoms with Crippen molar-refractivity contribution in [1.29, 1.82) is 0 Å². The summed E-state index contributed by atoms with van der Waals surface area (Å²) in [4.78, 5) is 0. The van der Waals surface area contributed by atoms with Crippen molar-refractivity contribution in [2.24, 2.45) is 5.10 Å². The second-order valence-corrected chi connectivity index (χ2v) is 7.70. The van der Waals surface area contributed by atoms with Gasteiger partial charge in [-0.15, -0.1) is 0 Å². The molecule has 0 unspecified atom stereocenters. The van der Waals surface area contributed by atoms with Crippen molar-refractivity contribution >= 4 is 28.7 Å². The standard InChI is InChI=1S/C21H25N3O2S/c1-13-7-6-8-14(2)19(13)22-20(27)24-23-17-12-21(3,4)26-18-10-9-15(25-5)11-16(17)18/h6-11H,12H2,1-5H3,(H2,22,24,27). The van der Waals surface area contributed by atoms with E-state index >= 15 is 0 Å². The van der Waals surface area contributed by atoms with Gasteiger partial charge in [0.2, 0.25) is 0 Å². The number of anilines is 1. The molecule has 0 fully saturated rings. The molecular weight excluding hydrogens is 358 g/mol. The first-order valence-corrected chi connectivity index (χ1v) is 9.27. The zero-order valence-electron chi connectivity index (χ0n) is 16.3. The van der Waals surface area contributed by atoms with Crippen molar-refractivity contribution in [1.82, 2.24) is 5.43 Å². The predicted molar refractivity (Wildman–Crippen MR) is 114 cm³/mol. The molecule has 27 heavy (non-hydrogen) atoms. The maximum atomic E-state index is 6.07. The van der Waals surface area contributed by atoms with Gasteiger partial charge in [-0.1, -0.05) is 18.2 Å². The Morgan fingerprint density at radius 2 is 1.89 bits per heavy atom. The van der Waals surface area contributed by atoms with E-state index in [1.165, 1.54) is 0 Å². The molecule has 6 heteroatoms. The Labute approximate surface area is 165 Å². The van der Waals surface area contributed by atoms with Gasteiger partial charge in [-0.05, 0) is 69.2 Å². The number of aryl methyl sites for hydroxylation is 2. The van der Waals surface area contributed by atoms with Crippen LogP contribution >= 0.6 is 12.2 Å². The first-order chi connectivity index (χ1) is 12.8. The van der Waals surface area contributed by atoms with Gasteiger partial charge < -0.3 is 14.8 Å². The number of methoxy groups -OCH3 is 1. The summed E-state index contributed by atoms with van der Waals surface area (Å²) in [5.41, 5.74) is 7.70. The van der Waals surface area contributed by atoms with Gasteiger partial charge in [-0.2, -0.15) is 5.10 Å². The van der Waals surface area contributed by atoms with Gasteiger partial charge in [-0.25, -0.2) is 0 Å². The Hall–Kier alpha value is -2.60. The minimum atomic E-state index is -0.343. The van der Waals surface area contributed by atoms with Gasteiger partial charge in [0.1, 0.15) is 17.1 Å². The van der Waals surface area contributed by atoms with Crippen molar-refractivity contribution < 1.29 is 9.47 Å². The highest BCUT2D eigenvalue weighted by molar-refractivity contribution is 7.80. The number of hydrogen-bond donors (Lipinski definition) is 2. The minimum Gasteiger partial charge on any atom is -0.497 e. The average molecular weight is 384 g/mol. The molecule has 0 aromatic heterocycles. The fraction of sp³-hybridized carbons (Fsp3) is 0.333. The summed E-state index contributed by atoms with van der Waals surface area (Å²) in [6, 6.07) is 11.9. The Morgan fingerprint density at radius 1 is 1.19 bits per heavy atom. The second-order valence-electron chi connectivity index (χ2n) is 7.29. The Bertz CT molecular complexity index is 886. The van der Waals surface area contributed by atoms with Crippen LogP contribution < -0.4 is 20.2 Å². The van der Waals surface area contributed by atoms with Gasteiger partial charge in [0, 0.05) is 17.7 Å². The number of hydrogen-bond acceptors (Lipinski definition) is 4. The van der Waals surface area contributed by atoms with Crippen LogP contribution in [0, 0.1) is 13.8 Å². The molecule has 0 atom stereocenters. The normalized spacial score (nSPS) is 16.3. The van der Waals surface area contributed by atoms with Crippen molar-refractivity contribution in [3.63, 3.8) is 0 Å². The van der Waals surface area contributed by atoms with Crippen LogP contribution in [0.4, 0.5) is 5.69 Å². The summed E-state index contributed by atoms with van der Waals surface area (Å²) in [7, 11) is 1.65. The smallest absolute Gasteiger partial charge is 0.191 e. The number of hydrazone groups is 1. The molecule has 3 rings (SSSR count). The molecule has 0 amide bonds. The lowest BCUT2D eigenvalue weighted by atomic mass is 9.92. The largest absolute Gasteiger partial charge is 0.497 e. The van der Waals surface area contributed by atoms with Crippen LogP contribution in [0.3, 0.4) is 0 Å². The number of para-hydroxylation sites is 1. The second kappa shape index (κ2) is 7.56. The van der Waals surface area contributed by atoms with Crippen LogP contribution in [0.25, 0.3) is 0 Å². The number of thiocarbonyl (C=S) groups is 1. The highest BCUT2D eigenvalue weighted by Gasteiger charge is 2.31. The molecule has 5 nitrogen and oxygen atoms in total. The molecule has 0 saturated heterocycles. The quantitative estimate of drug-likeness (QED) is 0.601. The van der Waals surface area contributed by atoms with E-state index in [-0.39, 0.29) is 5.60 Å². The maximum Gasteiger partial charge on any atom is 0.191 e. The number of fused-ring (bicyclic) bond motifs is 1. The molecule has 2 aromatic carbocycles. The average Bonchev–Trinajstić information content (AvgIpc) is 2.61. The molecule has 2 aromatic rings. The minimum absolute atomic E-state index is 0.343. The Morgan fingerprint density at radius 3 is 2.56 bits per heavy atom. The highest BCUT2D eigenvalue weighted by Crippen LogP contribution is 2.35. The van der Waals surface area contributed by atoms with E-state index in [0.717, 1.165) is 39.6 Å². The summed E-state index contributed by atoms with van der Waals surface area (Å²) in [6.45, 7) is 8.19. The third-order valence-corrected chi connectivity index (χ3v) is 4.68. The molecule has 0 saturated carbocycles. The molecule has 0 radical (unpaired) electrons. The molecule has 2 N–H and O–H groups in total. The summed E-state index contributed by atoms with van der Waals surface area (Å²) in [6.07, 6.45) is 0.659. The van der Waals surface area contributed by atoms with E-state index in [4.69, 9.17) is 21.7 Å². The number of rotatable bonds is 3. The van der Waals surface area contributed by atoms with Crippen molar-refractivity contribution in [2.45, 2.75) is 39.7 Å². The van der Waals surface area contributed by atoms with Crippen LogP contribution in [0.15, 0.2) is 41.5 Å². The number of nitrogens with zero attached hydrogens (tertiary/aromatic N) is 1. The van der Waals surface area contributed by atoms with Crippen LogP contribution in [0.1, 0.15) is 37.0 Å². The highest BCUT2D eigenvalue weighted by atomic mass is 32.1. The SMILES string of the molecule is COc1ccc2c(c1)C(=NNC(=S)Nc1c(C)cccc1C)CC(C)(C)O2. The topological polar surface area (TPSA) is 54.9 Å². The number of benzene rings is 2. The van der Waals surface area contributed by atoms with Gasteiger partial charge in [0.25, 0.3) is 0 Å². The van der Waals surface area contributed by atoms with Gasteiger partial charge in [0.15, 0.2) is 5.11 Å². The van der Waals surface area contributed by atoms with Gasteiger partial charge >= 0.3 is 0 Å². The third-order valence-electron chi connectivity index (χ3n) is 4.49. The molecule has 1 heterocycles. The van der Waals surface area contributed by atoms with E-state index in [9.17, 15) is 0 Å². The number of ether oxygens (including phenoxy) is 2. The lowest BCUT2D eigenvalue weighted by Crippen LogP contribution is -2.37. The fourth-order valence-electron chi connectivity index (χ4n) is 3.15. The maximum absolute atomic E-state index is 6.07. The summed E-state index contributed by atoms with van der Waals surface area (Å²) in [5, 5.41) is 8.27. The zero-order valence-corrected chi connectivity index (χ0v) is 17.2. The molecule has 1 aliphatic rings. The van der Waals surface area contributed by atoms with Crippen LogP contribution in [-0.2, 0) is 0 Å². The van der Waals surface area contributed by atoms with Crippen LogP contribution in [0.2, 0.25) is 0 Å². The van der Waals surface area contributed by atoms with E-state index in [1.54, 1.807) is 7.11 Å². The third kappa shape index (κ3) is 4.39. The molecule has 1 aliphatic heterocycles. The lowest BCUT2D eigenvalue weighted by Gasteiger charge is -2.33. The first-order valence-electron chi connectivity index (χ1n) is 8.86. The lowest BCUT2D eigenvalue weighted by molar-refractivity contribution is 0.111. The number of nitrogens with one attached hydrogen (secondary N) is 2. The summed E-state index contributed by atoms with van der Waals surface area (Å²) in [5.74, 6) is 1.56. The van der Waals surface area contributed by atoms with E-state index < -0.39 is 0 Å². The summed E-state index contributed by atoms with van der Waals surface area (Å²) >= 11 is 5.44. The van der Waals surface area contributed by atoms with Gasteiger partial charge in [-0.3, -0.25) is 5.43 Å². The Kier molecular flexibility index (Phi) is 5.37. The molecule has 0 bridgehead atoms. The van der Waals surface area contributed by atoms with E-state index in [2.05, 4.69) is 15.8 Å². The van der Waals surface area contributed by atoms with Crippen LogP contribution in [0.5, 0.6) is 11.5 Å². The molecule has 0 aliphatic carbocycles. The van der Waals surface area contributed by atoms with E-state index in [0.29, 0.717) is 11.5 Å². The van der Waals surface area contributed by atoms with Gasteiger partial charge in [0.05, 0.1) is 12.8 Å².